The molecule has 3 unspecified atom stereocenters. The lowest BCUT2D eigenvalue weighted by Crippen LogP contribution is -2.64. The third-order valence-corrected chi connectivity index (χ3v) is 4.85. The molecule has 3 N–H and O–H groups in total. The first-order valence-corrected chi connectivity index (χ1v) is 8.59. The maximum Gasteiger partial charge on any atom is 0.299 e. The Morgan fingerprint density at radius 3 is 2.13 bits per heavy atom. The van der Waals surface area contributed by atoms with Gasteiger partial charge in [0.1, 0.15) is 24.4 Å². The molecule has 0 spiro atoms. The van der Waals surface area contributed by atoms with Crippen molar-refractivity contribution in [2.45, 2.75) is 67.3 Å². The molecule has 17 nitrogen and oxygen atoms in total. The van der Waals surface area contributed by atoms with Crippen LogP contribution in [-0.4, -0.2) is 82.7 Å². The van der Waals surface area contributed by atoms with Gasteiger partial charge >= 0.3 is 0 Å². The minimum Gasteiger partial charge on any atom is -0.390 e. The normalized spacial score (nSPS) is 39.1. The Morgan fingerprint density at radius 2 is 1.55 bits per heavy atom. The number of aliphatic hydroxyl groups excluding tert-OH is 3. The zero-order valence-electron chi connectivity index (χ0n) is 15.4. The number of hydrogen-bond donors (Lipinski definition) is 3. The van der Waals surface area contributed by atoms with E-state index in [-0.39, 0.29) is 6.42 Å². The van der Waals surface area contributed by atoms with Crippen LogP contribution in [0.15, 0.2) is 20.5 Å². The molecule has 1 saturated carbocycles. The summed E-state index contributed by atoms with van der Waals surface area (Å²) < 4.78 is 39.2. The maximum atomic E-state index is 14.4. The van der Waals surface area contributed by atoms with Gasteiger partial charge in [-0.15, -0.1) is 0 Å². The van der Waals surface area contributed by atoms with Crippen LogP contribution in [0.5, 0.6) is 0 Å². The highest BCUT2D eigenvalue weighted by Crippen LogP contribution is 2.39. The van der Waals surface area contributed by atoms with Crippen molar-refractivity contribution in [3.63, 3.8) is 0 Å². The van der Waals surface area contributed by atoms with Gasteiger partial charge in [0.15, 0.2) is 6.29 Å². The van der Waals surface area contributed by atoms with Crippen molar-refractivity contribution < 1.29 is 33.6 Å². The van der Waals surface area contributed by atoms with Gasteiger partial charge in [0, 0.05) is 19.6 Å². The van der Waals surface area contributed by atoms with E-state index in [2.05, 4.69) is 40.1 Å². The molecule has 0 aromatic rings. The van der Waals surface area contributed by atoms with Gasteiger partial charge in [-0.3, -0.25) is 0 Å². The highest BCUT2D eigenvalue weighted by atomic mass is 19.3. The molecule has 0 aromatic heterocycles. The predicted octanol–water partition coefficient (Wildman–Crippen LogP) is 1.57. The summed E-state index contributed by atoms with van der Waals surface area (Å²) in [6, 6.07) is -4.47. The molecule has 1 saturated heterocycles. The van der Waals surface area contributed by atoms with Crippen LogP contribution in [0.2, 0.25) is 0 Å². The van der Waals surface area contributed by atoms with Crippen molar-refractivity contribution in [3.8, 4) is 0 Å². The molecular formula is C12H16F2N12O5. The lowest BCUT2D eigenvalue weighted by Gasteiger charge is -2.46. The zero-order chi connectivity index (χ0) is 23.2. The van der Waals surface area contributed by atoms with Gasteiger partial charge in [-0.25, -0.2) is 8.78 Å². The van der Waals surface area contributed by atoms with E-state index in [4.69, 9.17) is 31.6 Å². The summed E-state index contributed by atoms with van der Waals surface area (Å²) in [5.41, 5.74) is 34.4. The van der Waals surface area contributed by atoms with Gasteiger partial charge < -0.3 is 24.8 Å². The van der Waals surface area contributed by atoms with Crippen molar-refractivity contribution in [1.82, 2.24) is 0 Å². The molecule has 2 rings (SSSR count). The van der Waals surface area contributed by atoms with Gasteiger partial charge in [0.05, 0.1) is 30.8 Å². The first-order chi connectivity index (χ1) is 14.7. The van der Waals surface area contributed by atoms with Crippen LogP contribution in [0.3, 0.4) is 0 Å². The number of azide groups is 4. The highest BCUT2D eigenvalue weighted by Gasteiger charge is 2.59. The fraction of sp³-hybridized carbons (Fsp3) is 1.00. The van der Waals surface area contributed by atoms with Crippen LogP contribution in [0.4, 0.5) is 8.78 Å². The molecule has 1 aliphatic carbocycles. The Bertz CT molecular complexity index is 849. The minimum absolute atomic E-state index is 0.281. The van der Waals surface area contributed by atoms with E-state index in [0.717, 1.165) is 0 Å². The second-order valence-corrected chi connectivity index (χ2v) is 6.58. The van der Waals surface area contributed by atoms with E-state index in [1.165, 1.54) is 0 Å². The number of alkyl halides is 2. The van der Waals surface area contributed by atoms with Crippen molar-refractivity contribution in [3.05, 3.63) is 41.8 Å². The zero-order valence-corrected chi connectivity index (χ0v) is 15.4. The van der Waals surface area contributed by atoms with Gasteiger partial charge in [-0.2, -0.15) is 0 Å². The third-order valence-electron chi connectivity index (χ3n) is 4.85. The van der Waals surface area contributed by atoms with E-state index in [9.17, 15) is 24.1 Å². The molecule has 2 aliphatic rings. The van der Waals surface area contributed by atoms with E-state index >= 15 is 0 Å². The number of hydrogen-bond acceptors (Lipinski definition) is 9. The molecule has 1 aliphatic heterocycles. The van der Waals surface area contributed by atoms with Gasteiger partial charge in [-0.1, -0.05) is 20.5 Å². The minimum atomic E-state index is -4.01. The molecule has 168 valence electrons. The number of aliphatic hydroxyl groups is 3. The van der Waals surface area contributed by atoms with Crippen LogP contribution in [0, 0.1) is 0 Å². The van der Waals surface area contributed by atoms with Gasteiger partial charge in [-0.05, 0) is 28.5 Å². The third kappa shape index (κ3) is 4.98. The summed E-state index contributed by atoms with van der Waals surface area (Å²) in [6.45, 7) is -0.919. The average Bonchev–Trinajstić information content (AvgIpc) is 2.73. The molecule has 2 fully saturated rings. The Morgan fingerprint density at radius 1 is 0.935 bits per heavy atom. The molecule has 0 amide bonds. The Kier molecular flexibility index (Phi) is 8.01. The molecule has 9 atom stereocenters. The van der Waals surface area contributed by atoms with Crippen molar-refractivity contribution in [2.75, 3.05) is 6.54 Å². The fourth-order valence-corrected chi connectivity index (χ4v) is 3.32. The number of ether oxygens (including phenoxy) is 2. The lowest BCUT2D eigenvalue weighted by atomic mass is 9.84. The maximum absolute atomic E-state index is 14.4. The SMILES string of the molecule is [N-]=[N+]=NC[C@H]1O[C@H](O[C@@H]2C(N=[N+]=[N-])CC(N=[N+]=[N-])[C@H](O)[C@H]2O)C(N=[N+]=[N-])[C@@H](O)C1(F)F. The number of rotatable bonds is 7. The Labute approximate surface area is 170 Å². The molecule has 0 bridgehead atoms. The van der Waals surface area contributed by atoms with E-state index in [1.807, 2.05) is 0 Å². The first-order valence-electron chi connectivity index (χ1n) is 8.59. The molecule has 19 heteroatoms. The first kappa shape index (κ1) is 24.2. The van der Waals surface area contributed by atoms with Crippen LogP contribution in [-0.2, 0) is 9.47 Å². The standard InChI is InChI=1S/C12H16F2N12O5/c13-12(14)5(2-19-23-15)30-11(6(10(12)29)22-26-18)31-9-4(21-25-17)1-3(20-24-16)7(27)8(9)28/h3-11,27-29H,1-2H2/t3?,4?,5-,6?,7+,8-,9-,10-,11-/m1/s1. The topological polar surface area (TPSA) is 274 Å². The largest absolute Gasteiger partial charge is 0.390 e. The van der Waals surface area contributed by atoms with Crippen LogP contribution >= 0.6 is 0 Å². The van der Waals surface area contributed by atoms with Crippen molar-refractivity contribution >= 4 is 0 Å². The predicted molar refractivity (Wildman–Crippen MR) is 93.9 cm³/mol. The Balaban J connectivity index is 2.38. The Hall–Kier alpha value is -3.10. The monoisotopic (exact) mass is 446 g/mol. The van der Waals surface area contributed by atoms with Crippen molar-refractivity contribution in [1.29, 1.82) is 0 Å². The number of halogens is 2. The quantitative estimate of drug-likeness (QED) is 0.297. The lowest BCUT2D eigenvalue weighted by molar-refractivity contribution is -0.325. The second-order valence-electron chi connectivity index (χ2n) is 6.58. The fourth-order valence-electron chi connectivity index (χ4n) is 3.32. The summed E-state index contributed by atoms with van der Waals surface area (Å²) in [4.78, 5) is 9.81. The summed E-state index contributed by atoms with van der Waals surface area (Å²) >= 11 is 0. The van der Waals surface area contributed by atoms with Crippen LogP contribution < -0.4 is 0 Å². The van der Waals surface area contributed by atoms with Gasteiger partial charge in [0.25, 0.3) is 5.92 Å². The summed E-state index contributed by atoms with van der Waals surface area (Å²) in [5, 5.41) is 43.3. The van der Waals surface area contributed by atoms with Crippen molar-refractivity contribution in [2.24, 2.45) is 20.5 Å². The summed E-state index contributed by atoms with van der Waals surface area (Å²) in [6.07, 6.45) is -12.1. The smallest absolute Gasteiger partial charge is 0.299 e. The molecule has 0 radical (unpaired) electrons. The van der Waals surface area contributed by atoms with E-state index in [0.29, 0.717) is 0 Å². The second kappa shape index (κ2) is 10.3. The van der Waals surface area contributed by atoms with E-state index in [1.54, 1.807) is 0 Å². The molecular weight excluding hydrogens is 430 g/mol. The van der Waals surface area contributed by atoms with Gasteiger partial charge in [0.2, 0.25) is 0 Å². The highest BCUT2D eigenvalue weighted by molar-refractivity contribution is 5.04. The van der Waals surface area contributed by atoms with Crippen LogP contribution in [0.25, 0.3) is 41.8 Å². The average molecular weight is 446 g/mol. The van der Waals surface area contributed by atoms with Crippen LogP contribution in [0.1, 0.15) is 6.42 Å². The summed E-state index contributed by atoms with van der Waals surface area (Å²) in [5.74, 6) is -4.01. The number of nitrogens with zero attached hydrogens (tertiary/aromatic N) is 12. The molecule has 0 aromatic carbocycles. The van der Waals surface area contributed by atoms with E-state index < -0.39 is 67.4 Å². The molecule has 31 heavy (non-hydrogen) atoms. The summed E-state index contributed by atoms with van der Waals surface area (Å²) in [7, 11) is 0. The molecule has 1 heterocycles.